The number of nitrogens with zero attached hydrogens (tertiary/aromatic N) is 1. The largest absolute Gasteiger partial charge is 0.372 e. The van der Waals surface area contributed by atoms with Crippen molar-refractivity contribution in [2.24, 2.45) is 0 Å². The highest BCUT2D eigenvalue weighted by Gasteiger charge is 2.07. The molecule has 0 saturated heterocycles. The molecule has 0 aliphatic carbocycles. The molecule has 140 valence electrons. The minimum absolute atomic E-state index is 0.00315. The molecule has 0 atom stereocenters. The molecule has 0 unspecified atom stereocenters. The van der Waals surface area contributed by atoms with Gasteiger partial charge in [-0.2, -0.15) is 0 Å². The first-order chi connectivity index (χ1) is 12.6. The van der Waals surface area contributed by atoms with Gasteiger partial charge in [0.2, 0.25) is 5.91 Å². The molecule has 0 radical (unpaired) electrons. The Kier molecular flexibility index (Phi) is 8.16. The van der Waals surface area contributed by atoms with Crippen LogP contribution in [0.3, 0.4) is 0 Å². The second kappa shape index (κ2) is 10.6. The Morgan fingerprint density at radius 1 is 1.04 bits per heavy atom. The summed E-state index contributed by atoms with van der Waals surface area (Å²) in [6, 6.07) is 16.6. The minimum Gasteiger partial charge on any atom is -0.372 e. The van der Waals surface area contributed by atoms with E-state index in [1.807, 2.05) is 19.1 Å². The second-order valence-corrected chi connectivity index (χ2v) is 6.49. The number of anilines is 2. The van der Waals surface area contributed by atoms with Gasteiger partial charge >= 0.3 is 0 Å². The maximum atomic E-state index is 12.1. The van der Waals surface area contributed by atoms with Gasteiger partial charge in [-0.3, -0.25) is 4.79 Å². The van der Waals surface area contributed by atoms with Crippen molar-refractivity contribution in [1.29, 1.82) is 0 Å². The van der Waals surface area contributed by atoms with Gasteiger partial charge in [-0.1, -0.05) is 30.3 Å². The first-order valence-electron chi connectivity index (χ1n) is 9.54. The van der Waals surface area contributed by atoms with Crippen LogP contribution in [0.5, 0.6) is 0 Å². The number of nitrogens with one attached hydrogen (secondary N) is 2. The first-order valence-corrected chi connectivity index (χ1v) is 9.54. The molecular formula is C22H31N3O. The van der Waals surface area contributed by atoms with Crippen LogP contribution in [-0.2, 0) is 11.2 Å². The van der Waals surface area contributed by atoms with E-state index in [-0.39, 0.29) is 5.91 Å². The van der Waals surface area contributed by atoms with E-state index >= 15 is 0 Å². The average molecular weight is 354 g/mol. The number of amides is 1. The summed E-state index contributed by atoms with van der Waals surface area (Å²) in [5, 5.41) is 6.22. The van der Waals surface area contributed by atoms with Crippen LogP contribution in [0.25, 0.3) is 0 Å². The van der Waals surface area contributed by atoms with Crippen molar-refractivity contribution in [1.82, 2.24) is 5.32 Å². The topological polar surface area (TPSA) is 44.4 Å². The molecule has 4 nitrogen and oxygen atoms in total. The Balaban J connectivity index is 1.73. The molecule has 2 rings (SSSR count). The fourth-order valence-corrected chi connectivity index (χ4v) is 3.03. The molecule has 0 bridgehead atoms. The predicted molar refractivity (Wildman–Crippen MR) is 111 cm³/mol. The van der Waals surface area contributed by atoms with Crippen LogP contribution in [0.15, 0.2) is 48.5 Å². The van der Waals surface area contributed by atoms with E-state index in [0.29, 0.717) is 6.54 Å². The molecule has 0 aromatic heterocycles. The number of hydrogen-bond acceptors (Lipinski definition) is 3. The van der Waals surface area contributed by atoms with E-state index in [9.17, 15) is 4.79 Å². The van der Waals surface area contributed by atoms with E-state index in [4.69, 9.17) is 0 Å². The molecule has 2 aromatic carbocycles. The van der Waals surface area contributed by atoms with Gasteiger partial charge in [0, 0.05) is 24.5 Å². The summed E-state index contributed by atoms with van der Waals surface area (Å²) in [5.41, 5.74) is 4.51. The summed E-state index contributed by atoms with van der Waals surface area (Å²) in [4.78, 5) is 14.4. The summed E-state index contributed by atoms with van der Waals surface area (Å²) in [7, 11) is 0. The summed E-state index contributed by atoms with van der Waals surface area (Å²) in [6.07, 6.45) is 2.05. The number of aryl methyl sites for hydroxylation is 2. The smallest absolute Gasteiger partial charge is 0.238 e. The maximum absolute atomic E-state index is 12.1. The van der Waals surface area contributed by atoms with Gasteiger partial charge in [-0.25, -0.2) is 0 Å². The Labute approximate surface area is 157 Å². The van der Waals surface area contributed by atoms with Gasteiger partial charge in [0.15, 0.2) is 0 Å². The second-order valence-electron chi connectivity index (χ2n) is 6.49. The number of carbonyl (C=O) groups excluding carboxylic acids is 1. The van der Waals surface area contributed by atoms with Crippen molar-refractivity contribution in [3.05, 3.63) is 59.7 Å². The van der Waals surface area contributed by atoms with E-state index in [1.54, 1.807) is 0 Å². The number of hydrogen-bond donors (Lipinski definition) is 2. The standard InChI is InChI=1S/C22H31N3O/c1-4-25(5-2)20-13-14-21(18(3)16-20)24-22(26)17-23-15-9-12-19-10-7-6-8-11-19/h6-8,10-11,13-14,16,23H,4-5,9,12,15,17H2,1-3H3,(H,24,26). The third kappa shape index (κ3) is 6.19. The zero-order valence-corrected chi connectivity index (χ0v) is 16.2. The molecule has 0 heterocycles. The molecule has 1 amide bonds. The van der Waals surface area contributed by atoms with Crippen LogP contribution in [0.1, 0.15) is 31.4 Å². The summed E-state index contributed by atoms with van der Waals surface area (Å²) in [5.74, 6) is 0.00315. The summed E-state index contributed by atoms with van der Waals surface area (Å²) in [6.45, 7) is 9.48. The molecule has 2 aromatic rings. The van der Waals surface area contributed by atoms with Crippen LogP contribution in [0, 0.1) is 6.92 Å². The Morgan fingerprint density at radius 2 is 1.77 bits per heavy atom. The van der Waals surface area contributed by atoms with Crippen LogP contribution in [-0.4, -0.2) is 32.1 Å². The van der Waals surface area contributed by atoms with E-state index in [1.165, 1.54) is 11.3 Å². The lowest BCUT2D eigenvalue weighted by molar-refractivity contribution is -0.115. The van der Waals surface area contributed by atoms with E-state index in [2.05, 4.69) is 65.8 Å². The highest BCUT2D eigenvalue weighted by atomic mass is 16.1. The van der Waals surface area contributed by atoms with Gasteiger partial charge in [-0.15, -0.1) is 0 Å². The molecule has 0 aliphatic rings. The Hall–Kier alpha value is -2.33. The fraction of sp³-hybridized carbons (Fsp3) is 0.409. The number of benzene rings is 2. The monoisotopic (exact) mass is 353 g/mol. The van der Waals surface area contributed by atoms with E-state index < -0.39 is 0 Å². The number of rotatable bonds is 10. The quantitative estimate of drug-likeness (QED) is 0.635. The Morgan fingerprint density at radius 3 is 2.42 bits per heavy atom. The zero-order valence-electron chi connectivity index (χ0n) is 16.2. The van der Waals surface area contributed by atoms with Crippen molar-refractivity contribution in [2.45, 2.75) is 33.6 Å². The summed E-state index contributed by atoms with van der Waals surface area (Å²) < 4.78 is 0. The highest BCUT2D eigenvalue weighted by molar-refractivity contribution is 5.93. The first kappa shape index (κ1) is 20.0. The van der Waals surface area contributed by atoms with Gasteiger partial charge in [-0.05, 0) is 69.5 Å². The van der Waals surface area contributed by atoms with Gasteiger partial charge in [0.25, 0.3) is 0 Å². The lowest BCUT2D eigenvalue weighted by Gasteiger charge is -2.22. The molecule has 0 fully saturated rings. The van der Waals surface area contributed by atoms with Crippen molar-refractivity contribution in [3.8, 4) is 0 Å². The number of carbonyl (C=O) groups is 1. The van der Waals surface area contributed by atoms with E-state index in [0.717, 1.165) is 43.7 Å². The minimum atomic E-state index is 0.00315. The third-order valence-electron chi connectivity index (χ3n) is 4.56. The molecule has 4 heteroatoms. The van der Waals surface area contributed by atoms with Crippen molar-refractivity contribution < 1.29 is 4.79 Å². The van der Waals surface area contributed by atoms with Gasteiger partial charge in [0.05, 0.1) is 6.54 Å². The zero-order chi connectivity index (χ0) is 18.8. The van der Waals surface area contributed by atoms with Crippen LogP contribution in [0.2, 0.25) is 0 Å². The van der Waals surface area contributed by atoms with Crippen LogP contribution >= 0.6 is 0 Å². The molecule has 26 heavy (non-hydrogen) atoms. The van der Waals surface area contributed by atoms with Crippen LogP contribution < -0.4 is 15.5 Å². The van der Waals surface area contributed by atoms with Crippen LogP contribution in [0.4, 0.5) is 11.4 Å². The van der Waals surface area contributed by atoms with Crippen molar-refractivity contribution >= 4 is 17.3 Å². The van der Waals surface area contributed by atoms with Gasteiger partial charge in [0.1, 0.15) is 0 Å². The SMILES string of the molecule is CCN(CC)c1ccc(NC(=O)CNCCCc2ccccc2)c(C)c1. The molecule has 0 saturated carbocycles. The fourth-order valence-electron chi connectivity index (χ4n) is 3.03. The molecular weight excluding hydrogens is 322 g/mol. The molecule has 0 aliphatic heterocycles. The average Bonchev–Trinajstić information content (AvgIpc) is 2.65. The maximum Gasteiger partial charge on any atom is 0.238 e. The molecule has 2 N–H and O–H groups in total. The molecule has 0 spiro atoms. The highest BCUT2D eigenvalue weighted by Crippen LogP contribution is 2.22. The lowest BCUT2D eigenvalue weighted by atomic mass is 10.1. The van der Waals surface area contributed by atoms with Crippen molar-refractivity contribution in [2.75, 3.05) is 36.4 Å². The predicted octanol–water partition coefficient (Wildman–Crippen LogP) is 4.00. The Bertz CT molecular complexity index is 681. The lowest BCUT2D eigenvalue weighted by Crippen LogP contribution is -2.29. The summed E-state index contributed by atoms with van der Waals surface area (Å²) >= 11 is 0. The van der Waals surface area contributed by atoms with Gasteiger partial charge < -0.3 is 15.5 Å². The third-order valence-corrected chi connectivity index (χ3v) is 4.56. The normalized spacial score (nSPS) is 10.6. The van der Waals surface area contributed by atoms with Crippen molar-refractivity contribution in [3.63, 3.8) is 0 Å².